The van der Waals surface area contributed by atoms with Gasteiger partial charge in [-0.25, -0.2) is 0 Å². The van der Waals surface area contributed by atoms with Crippen molar-refractivity contribution in [1.82, 2.24) is 15.5 Å². The zero-order valence-corrected chi connectivity index (χ0v) is 11.5. The fourth-order valence-electron chi connectivity index (χ4n) is 2.85. The Morgan fingerprint density at radius 2 is 1.56 bits per heavy atom. The van der Waals surface area contributed by atoms with Crippen molar-refractivity contribution < 1.29 is 0 Å². The van der Waals surface area contributed by atoms with Crippen LogP contribution >= 0.6 is 0 Å². The molecule has 0 amide bonds. The van der Waals surface area contributed by atoms with Gasteiger partial charge in [0.15, 0.2) is 0 Å². The molecule has 0 saturated carbocycles. The van der Waals surface area contributed by atoms with Crippen LogP contribution in [0.2, 0.25) is 0 Å². The molecule has 0 aromatic rings. The molecule has 0 aromatic carbocycles. The number of nitrogens with one attached hydrogen (secondary N) is 2. The van der Waals surface area contributed by atoms with Crippen molar-refractivity contribution in [2.24, 2.45) is 17.2 Å². The van der Waals surface area contributed by atoms with Crippen LogP contribution < -0.4 is 27.8 Å². The SMILES string of the molecule is NCCN1CCNCCNCC1(CCN)CCN. The van der Waals surface area contributed by atoms with Crippen molar-refractivity contribution in [3.05, 3.63) is 0 Å². The second-order valence-corrected chi connectivity index (χ2v) is 5.00. The topological polar surface area (TPSA) is 105 Å². The van der Waals surface area contributed by atoms with Crippen LogP contribution in [-0.2, 0) is 0 Å². The predicted molar refractivity (Wildman–Crippen MR) is 76.4 cm³/mol. The lowest BCUT2D eigenvalue weighted by Gasteiger charge is -2.44. The average Bonchev–Trinajstić information content (AvgIpc) is 2.44. The summed E-state index contributed by atoms with van der Waals surface area (Å²) in [4.78, 5) is 2.47. The van der Waals surface area contributed by atoms with Crippen LogP contribution in [0.4, 0.5) is 0 Å². The lowest BCUT2D eigenvalue weighted by Crippen LogP contribution is -2.58. The first-order valence-electron chi connectivity index (χ1n) is 7.06. The molecule has 0 spiro atoms. The summed E-state index contributed by atoms with van der Waals surface area (Å²) in [5, 5.41) is 6.95. The van der Waals surface area contributed by atoms with E-state index in [1.807, 2.05) is 0 Å². The second kappa shape index (κ2) is 8.79. The summed E-state index contributed by atoms with van der Waals surface area (Å²) in [7, 11) is 0. The maximum Gasteiger partial charge on any atom is 0.0359 e. The maximum atomic E-state index is 5.82. The quantitative estimate of drug-likeness (QED) is 0.373. The summed E-state index contributed by atoms with van der Waals surface area (Å²) in [5.74, 6) is 0. The van der Waals surface area contributed by atoms with Crippen molar-refractivity contribution in [2.45, 2.75) is 18.4 Å². The summed E-state index contributed by atoms with van der Waals surface area (Å²) < 4.78 is 0. The molecule has 1 fully saturated rings. The highest BCUT2D eigenvalue weighted by Gasteiger charge is 2.34. The van der Waals surface area contributed by atoms with Gasteiger partial charge in [-0.15, -0.1) is 0 Å². The van der Waals surface area contributed by atoms with E-state index in [1.54, 1.807) is 0 Å². The van der Waals surface area contributed by atoms with Crippen molar-refractivity contribution in [2.75, 3.05) is 58.9 Å². The molecule has 1 aliphatic rings. The lowest BCUT2D eigenvalue weighted by molar-refractivity contribution is 0.0795. The first-order chi connectivity index (χ1) is 8.79. The van der Waals surface area contributed by atoms with Crippen LogP contribution in [0, 0.1) is 0 Å². The third-order valence-corrected chi connectivity index (χ3v) is 3.78. The van der Waals surface area contributed by atoms with E-state index in [0.717, 1.165) is 52.1 Å². The zero-order valence-electron chi connectivity index (χ0n) is 11.5. The van der Waals surface area contributed by atoms with E-state index in [-0.39, 0.29) is 5.54 Å². The van der Waals surface area contributed by atoms with E-state index in [4.69, 9.17) is 17.2 Å². The fourth-order valence-corrected chi connectivity index (χ4v) is 2.85. The second-order valence-electron chi connectivity index (χ2n) is 5.00. The van der Waals surface area contributed by atoms with Crippen LogP contribution in [-0.4, -0.2) is 69.3 Å². The van der Waals surface area contributed by atoms with E-state index in [0.29, 0.717) is 19.6 Å². The van der Waals surface area contributed by atoms with E-state index >= 15 is 0 Å². The highest BCUT2D eigenvalue weighted by molar-refractivity contribution is 4.94. The Bertz CT molecular complexity index is 205. The molecule has 1 saturated heterocycles. The molecule has 0 bridgehead atoms. The van der Waals surface area contributed by atoms with E-state index in [1.165, 1.54) is 0 Å². The highest BCUT2D eigenvalue weighted by Crippen LogP contribution is 2.22. The van der Waals surface area contributed by atoms with Gasteiger partial charge in [0, 0.05) is 51.4 Å². The van der Waals surface area contributed by atoms with E-state index in [2.05, 4.69) is 15.5 Å². The zero-order chi connectivity index (χ0) is 13.3. The standard InChI is InChI=1S/C12H30N6/c13-3-1-12(2-4-14)11-17-7-6-16-8-10-18(12)9-5-15/h16-17H,1-11,13-15H2. The third-order valence-electron chi connectivity index (χ3n) is 3.78. The summed E-state index contributed by atoms with van der Waals surface area (Å²) in [5.41, 5.74) is 17.5. The molecule has 0 unspecified atom stereocenters. The van der Waals surface area contributed by atoms with Gasteiger partial charge in [0.1, 0.15) is 0 Å². The number of hydrogen-bond donors (Lipinski definition) is 5. The summed E-state index contributed by atoms with van der Waals surface area (Å²) in [6.45, 7) is 7.93. The van der Waals surface area contributed by atoms with Crippen LogP contribution in [0.25, 0.3) is 0 Å². The molecule has 6 nitrogen and oxygen atoms in total. The van der Waals surface area contributed by atoms with Crippen LogP contribution in [0.1, 0.15) is 12.8 Å². The van der Waals surface area contributed by atoms with Crippen LogP contribution in [0.15, 0.2) is 0 Å². The normalized spacial score (nSPS) is 22.2. The molecule has 1 heterocycles. The number of hydrogen-bond acceptors (Lipinski definition) is 6. The van der Waals surface area contributed by atoms with Gasteiger partial charge in [0.2, 0.25) is 0 Å². The Labute approximate surface area is 111 Å². The van der Waals surface area contributed by atoms with Gasteiger partial charge in [-0.2, -0.15) is 0 Å². The first-order valence-corrected chi connectivity index (χ1v) is 7.06. The highest BCUT2D eigenvalue weighted by atomic mass is 15.2. The molecule has 6 heteroatoms. The Kier molecular flexibility index (Phi) is 7.73. The first kappa shape index (κ1) is 15.8. The van der Waals surface area contributed by atoms with E-state index in [9.17, 15) is 0 Å². The molecule has 1 rings (SSSR count). The summed E-state index contributed by atoms with van der Waals surface area (Å²) >= 11 is 0. The molecule has 0 radical (unpaired) electrons. The smallest absolute Gasteiger partial charge is 0.0359 e. The van der Waals surface area contributed by atoms with Crippen molar-refractivity contribution in [3.63, 3.8) is 0 Å². The Balaban J connectivity index is 2.82. The molecule has 0 aliphatic carbocycles. The van der Waals surface area contributed by atoms with Gasteiger partial charge < -0.3 is 27.8 Å². The van der Waals surface area contributed by atoms with Crippen molar-refractivity contribution in [3.8, 4) is 0 Å². The van der Waals surface area contributed by atoms with Gasteiger partial charge in [0.05, 0.1) is 0 Å². The molecule has 0 atom stereocenters. The molecular formula is C12H30N6. The van der Waals surface area contributed by atoms with Crippen LogP contribution in [0.5, 0.6) is 0 Å². The minimum absolute atomic E-state index is 0.0644. The van der Waals surface area contributed by atoms with Gasteiger partial charge in [-0.1, -0.05) is 0 Å². The number of nitrogens with two attached hydrogens (primary N) is 3. The summed E-state index contributed by atoms with van der Waals surface area (Å²) in [6, 6.07) is 0. The van der Waals surface area contributed by atoms with Crippen molar-refractivity contribution >= 4 is 0 Å². The minimum Gasteiger partial charge on any atom is -0.330 e. The van der Waals surface area contributed by atoms with Gasteiger partial charge in [0.25, 0.3) is 0 Å². The third kappa shape index (κ3) is 4.46. The maximum absolute atomic E-state index is 5.82. The lowest BCUT2D eigenvalue weighted by atomic mass is 9.88. The molecule has 8 N–H and O–H groups in total. The Morgan fingerprint density at radius 3 is 2.17 bits per heavy atom. The molecular weight excluding hydrogens is 228 g/mol. The average molecular weight is 258 g/mol. The van der Waals surface area contributed by atoms with E-state index < -0.39 is 0 Å². The van der Waals surface area contributed by atoms with Gasteiger partial charge >= 0.3 is 0 Å². The fraction of sp³-hybridized carbons (Fsp3) is 1.00. The molecule has 0 aromatic heterocycles. The molecule has 1 aliphatic heterocycles. The predicted octanol–water partition coefficient (Wildman–Crippen LogP) is -2.12. The number of rotatable bonds is 6. The largest absolute Gasteiger partial charge is 0.330 e. The Morgan fingerprint density at radius 1 is 0.889 bits per heavy atom. The number of nitrogens with zero attached hydrogens (tertiary/aromatic N) is 1. The summed E-state index contributed by atoms with van der Waals surface area (Å²) in [6.07, 6.45) is 1.94. The Hall–Kier alpha value is -0.240. The van der Waals surface area contributed by atoms with Crippen LogP contribution in [0.3, 0.4) is 0 Å². The van der Waals surface area contributed by atoms with Crippen molar-refractivity contribution in [1.29, 1.82) is 0 Å². The monoisotopic (exact) mass is 258 g/mol. The van der Waals surface area contributed by atoms with Gasteiger partial charge in [-0.05, 0) is 25.9 Å². The molecule has 108 valence electrons. The van der Waals surface area contributed by atoms with Gasteiger partial charge in [-0.3, -0.25) is 4.90 Å². The molecule has 18 heavy (non-hydrogen) atoms. The minimum atomic E-state index is 0.0644.